The van der Waals surface area contributed by atoms with Crippen molar-refractivity contribution in [3.8, 4) is 6.07 Å². The lowest BCUT2D eigenvalue weighted by Gasteiger charge is -2.33. The molecule has 2 aliphatic rings. The van der Waals surface area contributed by atoms with E-state index in [0.29, 0.717) is 39.0 Å². The number of hydrogen-bond acceptors (Lipinski definition) is 4. The third-order valence-corrected chi connectivity index (χ3v) is 5.67. The first kappa shape index (κ1) is 19.2. The Morgan fingerprint density at radius 1 is 1.03 bits per heavy atom. The van der Waals surface area contributed by atoms with Gasteiger partial charge in [-0.05, 0) is 60.7 Å². The fraction of sp³-hybridized carbons (Fsp3) is 0.261. The summed E-state index contributed by atoms with van der Waals surface area (Å²) in [6, 6.07) is 15.5. The molecular weight excluding hydrogens is 386 g/mol. The number of benzene rings is 2. The van der Waals surface area contributed by atoms with Crippen molar-refractivity contribution in [1.29, 1.82) is 5.26 Å². The fourth-order valence-corrected chi connectivity index (χ4v) is 4.13. The predicted molar refractivity (Wildman–Crippen MR) is 112 cm³/mol. The number of amides is 2. The van der Waals surface area contributed by atoms with E-state index in [0.717, 1.165) is 25.9 Å². The number of likely N-dealkylation sites (tertiary alicyclic amines) is 1. The fourth-order valence-electron chi connectivity index (χ4n) is 4.00. The Balaban J connectivity index is 1.80. The lowest BCUT2D eigenvalue weighted by Crippen LogP contribution is -2.39. The van der Waals surface area contributed by atoms with E-state index < -0.39 is 0 Å². The van der Waals surface area contributed by atoms with Crippen LogP contribution in [-0.2, 0) is 9.59 Å². The SMILES string of the molecule is CC1CCCN(C2=C(c3ccc(Cl)cc3)C(=O)N(c3ccc(C#N)cc3)C2=O)C1. The van der Waals surface area contributed by atoms with Crippen LogP contribution in [0.15, 0.2) is 54.2 Å². The number of nitrogens with zero attached hydrogens (tertiary/aromatic N) is 3. The van der Waals surface area contributed by atoms with Crippen LogP contribution >= 0.6 is 11.6 Å². The molecule has 0 saturated carbocycles. The number of halogens is 1. The standard InChI is InChI=1S/C23H20ClN3O2/c1-15-3-2-12-26(14-15)21-20(17-6-8-18(24)9-7-17)22(28)27(23(21)29)19-10-4-16(13-25)5-11-19/h4-11,15H,2-3,12,14H2,1H3. The molecule has 0 aromatic heterocycles. The van der Waals surface area contributed by atoms with Gasteiger partial charge in [-0.1, -0.05) is 30.7 Å². The molecule has 0 N–H and O–H groups in total. The van der Waals surface area contributed by atoms with Gasteiger partial charge in [0, 0.05) is 18.1 Å². The molecule has 1 fully saturated rings. The van der Waals surface area contributed by atoms with Crippen LogP contribution in [0.25, 0.3) is 5.57 Å². The van der Waals surface area contributed by atoms with E-state index in [-0.39, 0.29) is 11.8 Å². The van der Waals surface area contributed by atoms with Gasteiger partial charge in [0.2, 0.25) is 0 Å². The van der Waals surface area contributed by atoms with E-state index in [2.05, 4.69) is 13.0 Å². The summed E-state index contributed by atoms with van der Waals surface area (Å²) in [5, 5.41) is 9.60. The van der Waals surface area contributed by atoms with Gasteiger partial charge in [-0.3, -0.25) is 9.59 Å². The second-order valence-electron chi connectivity index (χ2n) is 7.53. The van der Waals surface area contributed by atoms with Crippen molar-refractivity contribution in [3.63, 3.8) is 0 Å². The van der Waals surface area contributed by atoms with E-state index in [4.69, 9.17) is 16.9 Å². The zero-order valence-corrected chi connectivity index (χ0v) is 16.8. The Hall–Kier alpha value is -3.10. The van der Waals surface area contributed by atoms with Crippen LogP contribution in [0, 0.1) is 17.2 Å². The van der Waals surface area contributed by atoms with Crippen LogP contribution in [0.4, 0.5) is 5.69 Å². The van der Waals surface area contributed by atoms with Crippen molar-refractivity contribution in [2.24, 2.45) is 5.92 Å². The molecule has 2 aromatic rings. The highest BCUT2D eigenvalue weighted by molar-refractivity contribution is 6.45. The quantitative estimate of drug-likeness (QED) is 0.717. The number of carbonyl (C=O) groups is 2. The predicted octanol–water partition coefficient (Wildman–Crippen LogP) is 4.23. The summed E-state index contributed by atoms with van der Waals surface area (Å²) in [5.74, 6) is -0.219. The van der Waals surface area contributed by atoms with Gasteiger partial charge >= 0.3 is 0 Å². The van der Waals surface area contributed by atoms with Crippen molar-refractivity contribution in [3.05, 3.63) is 70.4 Å². The van der Waals surface area contributed by atoms with Crippen molar-refractivity contribution in [2.45, 2.75) is 19.8 Å². The van der Waals surface area contributed by atoms with E-state index in [1.54, 1.807) is 48.5 Å². The molecule has 2 aromatic carbocycles. The minimum Gasteiger partial charge on any atom is -0.366 e. The summed E-state index contributed by atoms with van der Waals surface area (Å²) in [4.78, 5) is 30.1. The van der Waals surface area contributed by atoms with Gasteiger partial charge in [0.1, 0.15) is 5.70 Å². The van der Waals surface area contributed by atoms with Gasteiger partial charge in [-0.2, -0.15) is 5.26 Å². The van der Waals surface area contributed by atoms with Crippen molar-refractivity contribution < 1.29 is 9.59 Å². The molecule has 6 heteroatoms. The smallest absolute Gasteiger partial charge is 0.282 e. The Labute approximate surface area is 174 Å². The van der Waals surface area contributed by atoms with Crippen molar-refractivity contribution in [2.75, 3.05) is 18.0 Å². The molecule has 29 heavy (non-hydrogen) atoms. The Bertz CT molecular complexity index is 1040. The number of piperidine rings is 1. The number of anilines is 1. The van der Waals surface area contributed by atoms with Crippen molar-refractivity contribution >= 4 is 34.7 Å². The molecule has 1 atom stereocenters. The molecule has 0 bridgehead atoms. The van der Waals surface area contributed by atoms with Gasteiger partial charge in [0.05, 0.1) is 22.9 Å². The highest BCUT2D eigenvalue weighted by Crippen LogP contribution is 2.36. The molecular formula is C23H20ClN3O2. The number of rotatable bonds is 3. The highest BCUT2D eigenvalue weighted by atomic mass is 35.5. The van der Waals surface area contributed by atoms with E-state index >= 15 is 0 Å². The first-order chi connectivity index (χ1) is 14.0. The molecule has 5 nitrogen and oxygen atoms in total. The number of nitriles is 1. The average molecular weight is 406 g/mol. The Morgan fingerprint density at radius 2 is 1.72 bits per heavy atom. The molecule has 4 rings (SSSR count). The summed E-state index contributed by atoms with van der Waals surface area (Å²) in [6.07, 6.45) is 2.10. The Morgan fingerprint density at radius 3 is 2.34 bits per heavy atom. The second kappa shape index (κ2) is 7.73. The molecule has 1 saturated heterocycles. The third-order valence-electron chi connectivity index (χ3n) is 5.42. The summed E-state index contributed by atoms with van der Waals surface area (Å²) in [7, 11) is 0. The maximum Gasteiger partial charge on any atom is 0.282 e. The zero-order valence-electron chi connectivity index (χ0n) is 16.1. The van der Waals surface area contributed by atoms with Gasteiger partial charge in [0.25, 0.3) is 11.8 Å². The molecule has 1 unspecified atom stereocenters. The Kier molecular flexibility index (Phi) is 5.12. The molecule has 2 aliphatic heterocycles. The van der Waals surface area contributed by atoms with Crippen LogP contribution in [0.5, 0.6) is 0 Å². The topological polar surface area (TPSA) is 64.4 Å². The largest absolute Gasteiger partial charge is 0.366 e. The minimum atomic E-state index is -0.352. The lowest BCUT2D eigenvalue weighted by molar-refractivity contribution is -0.120. The van der Waals surface area contributed by atoms with E-state index in [1.165, 1.54) is 4.90 Å². The van der Waals surface area contributed by atoms with Gasteiger partial charge in [0.15, 0.2) is 0 Å². The molecule has 0 spiro atoms. The summed E-state index contributed by atoms with van der Waals surface area (Å²) in [6.45, 7) is 3.65. The molecule has 146 valence electrons. The summed E-state index contributed by atoms with van der Waals surface area (Å²) >= 11 is 6.03. The lowest BCUT2D eigenvalue weighted by atomic mass is 9.98. The van der Waals surface area contributed by atoms with Crippen LogP contribution in [0.3, 0.4) is 0 Å². The third kappa shape index (κ3) is 3.52. The first-order valence-electron chi connectivity index (χ1n) is 9.63. The van der Waals surface area contributed by atoms with Gasteiger partial charge < -0.3 is 4.90 Å². The number of imide groups is 1. The van der Waals surface area contributed by atoms with Crippen LogP contribution in [-0.4, -0.2) is 29.8 Å². The van der Waals surface area contributed by atoms with Crippen LogP contribution in [0.1, 0.15) is 30.9 Å². The second-order valence-corrected chi connectivity index (χ2v) is 7.96. The minimum absolute atomic E-state index is 0.321. The van der Waals surface area contributed by atoms with Crippen LogP contribution in [0.2, 0.25) is 5.02 Å². The van der Waals surface area contributed by atoms with E-state index in [9.17, 15) is 9.59 Å². The monoisotopic (exact) mass is 405 g/mol. The van der Waals surface area contributed by atoms with E-state index in [1.807, 2.05) is 4.90 Å². The normalized spacial score (nSPS) is 19.7. The average Bonchev–Trinajstić information content (AvgIpc) is 2.99. The number of carbonyl (C=O) groups excluding carboxylic acids is 2. The van der Waals surface area contributed by atoms with Crippen molar-refractivity contribution in [1.82, 2.24) is 4.90 Å². The van der Waals surface area contributed by atoms with Gasteiger partial charge in [-0.15, -0.1) is 0 Å². The molecule has 2 heterocycles. The molecule has 0 aliphatic carbocycles. The highest BCUT2D eigenvalue weighted by Gasteiger charge is 2.43. The maximum atomic E-state index is 13.4. The number of hydrogen-bond donors (Lipinski definition) is 0. The molecule has 2 amide bonds. The first-order valence-corrected chi connectivity index (χ1v) is 10.0. The zero-order chi connectivity index (χ0) is 20.5. The summed E-state index contributed by atoms with van der Waals surface area (Å²) < 4.78 is 0. The van der Waals surface area contributed by atoms with Gasteiger partial charge in [-0.25, -0.2) is 4.90 Å². The summed E-state index contributed by atoms with van der Waals surface area (Å²) in [5.41, 5.74) is 2.48. The van der Waals surface area contributed by atoms with Crippen LogP contribution < -0.4 is 4.90 Å². The maximum absolute atomic E-state index is 13.4. The molecule has 0 radical (unpaired) electrons.